The number of nitrogens with zero attached hydrogens (tertiary/aromatic N) is 6. The van der Waals surface area contributed by atoms with Gasteiger partial charge in [0, 0.05) is 30.4 Å². The molecule has 0 radical (unpaired) electrons. The highest BCUT2D eigenvalue weighted by atomic mass is 79.9. The van der Waals surface area contributed by atoms with Crippen molar-refractivity contribution in [3.05, 3.63) is 56.4 Å². The quantitative estimate of drug-likeness (QED) is 0.258. The average Bonchev–Trinajstić information content (AvgIpc) is 3.11. The van der Waals surface area contributed by atoms with Crippen molar-refractivity contribution in [1.82, 2.24) is 14.3 Å². The largest absolute Gasteiger partial charge is 0.485 e. The summed E-state index contributed by atoms with van der Waals surface area (Å²) >= 11 is 16.6. The topological polar surface area (TPSA) is 112 Å². The molecule has 0 aliphatic carbocycles. The van der Waals surface area contributed by atoms with E-state index in [4.69, 9.17) is 38.9 Å². The van der Waals surface area contributed by atoms with E-state index in [1.54, 1.807) is 32.3 Å². The number of anilines is 1. The minimum Gasteiger partial charge on any atom is -0.485 e. The van der Waals surface area contributed by atoms with Gasteiger partial charge in [-0.05, 0) is 54.0 Å². The number of guanidine groups is 1. The number of nitrogens with two attached hydrogens (primary N) is 1. The first kappa shape index (κ1) is 25.6. The van der Waals surface area contributed by atoms with Crippen LogP contribution in [-0.2, 0) is 11.4 Å². The maximum Gasteiger partial charge on any atom is 0.246 e. The number of carbonyl (C=O) groups excluding carboxylic acids is 1. The van der Waals surface area contributed by atoms with E-state index >= 15 is 0 Å². The number of aliphatic imine (C=N–C) groups is 1. The molecule has 0 aliphatic rings. The Hall–Kier alpha value is -3.00. The second kappa shape index (κ2) is 11.0. The van der Waals surface area contributed by atoms with Crippen LogP contribution in [0, 0.1) is 18.4 Å². The first-order chi connectivity index (χ1) is 16.2. The van der Waals surface area contributed by atoms with E-state index in [0.29, 0.717) is 34.2 Å². The monoisotopic (exact) mass is 565 g/mol. The summed E-state index contributed by atoms with van der Waals surface area (Å²) in [6.45, 7) is 4.09. The Morgan fingerprint density at radius 1 is 1.38 bits per heavy atom. The molecule has 2 N–H and O–H groups in total. The second-order valence-electron chi connectivity index (χ2n) is 7.24. The zero-order valence-corrected chi connectivity index (χ0v) is 21.8. The number of halogens is 3. The molecule has 9 nitrogen and oxygen atoms in total. The summed E-state index contributed by atoms with van der Waals surface area (Å²) in [5.41, 5.74) is 8.23. The van der Waals surface area contributed by atoms with Gasteiger partial charge in [0.1, 0.15) is 17.8 Å². The van der Waals surface area contributed by atoms with E-state index in [1.165, 1.54) is 9.80 Å². The van der Waals surface area contributed by atoms with Crippen LogP contribution in [0.3, 0.4) is 0 Å². The first-order valence-corrected chi connectivity index (χ1v) is 11.7. The number of hydrogen-bond acceptors (Lipinski definition) is 5. The molecule has 34 heavy (non-hydrogen) atoms. The van der Waals surface area contributed by atoms with Gasteiger partial charge < -0.3 is 20.3 Å². The highest BCUT2D eigenvalue weighted by molar-refractivity contribution is 9.10. The summed E-state index contributed by atoms with van der Waals surface area (Å²) in [6.07, 6.45) is 3.50. The molecule has 2 aromatic heterocycles. The maximum atomic E-state index is 12.9. The molecule has 0 saturated heterocycles. The third-order valence-electron chi connectivity index (χ3n) is 5.18. The minimum absolute atomic E-state index is 0.0296. The number of amides is 1. The van der Waals surface area contributed by atoms with Crippen molar-refractivity contribution in [2.75, 3.05) is 25.0 Å². The van der Waals surface area contributed by atoms with Gasteiger partial charge in [-0.15, -0.1) is 4.99 Å². The van der Waals surface area contributed by atoms with Crippen molar-refractivity contribution in [2.45, 2.75) is 20.5 Å². The fourth-order valence-corrected chi connectivity index (χ4v) is 4.23. The lowest BCUT2D eigenvalue weighted by atomic mass is 10.2. The molecule has 1 aromatic carbocycles. The van der Waals surface area contributed by atoms with E-state index in [-0.39, 0.29) is 30.0 Å². The summed E-state index contributed by atoms with van der Waals surface area (Å²) in [7, 11) is 1.60. The van der Waals surface area contributed by atoms with Crippen LogP contribution < -0.4 is 15.4 Å². The van der Waals surface area contributed by atoms with E-state index in [0.717, 1.165) is 10.3 Å². The molecule has 2 heterocycles. The van der Waals surface area contributed by atoms with E-state index < -0.39 is 0 Å². The van der Waals surface area contributed by atoms with Gasteiger partial charge in [0.25, 0.3) is 0 Å². The minimum atomic E-state index is -0.295. The number of nitriles is 1. The molecule has 0 unspecified atom stereocenters. The van der Waals surface area contributed by atoms with Gasteiger partial charge in [0.15, 0.2) is 11.4 Å². The van der Waals surface area contributed by atoms with Crippen molar-refractivity contribution in [2.24, 2.45) is 10.7 Å². The number of aromatic nitrogens is 2. The number of pyridine rings is 1. The van der Waals surface area contributed by atoms with E-state index in [2.05, 4.69) is 25.9 Å². The van der Waals surface area contributed by atoms with Crippen LogP contribution in [0.15, 0.2) is 40.1 Å². The standard InChI is InChI=1S/C22H22BrCl2N7O2/c1-4-31(22(27)28-12-26)10-18(33)30(3)16-8-7-15(24)14(19(16)25)11-34-17-6-5-9-32-20(23)13(2)29-21(17)32/h5-9H,4,10-11H2,1-3H3,(H2,27,28). The van der Waals surface area contributed by atoms with Gasteiger partial charge in [0.2, 0.25) is 18.1 Å². The predicted molar refractivity (Wildman–Crippen MR) is 136 cm³/mol. The Bertz CT molecular complexity index is 1300. The number of carbonyl (C=O) groups is 1. The van der Waals surface area contributed by atoms with Crippen molar-refractivity contribution >= 4 is 62.3 Å². The van der Waals surface area contributed by atoms with Crippen LogP contribution in [0.4, 0.5) is 5.69 Å². The highest BCUT2D eigenvalue weighted by Crippen LogP contribution is 2.35. The van der Waals surface area contributed by atoms with E-state index in [9.17, 15) is 4.79 Å². The molecule has 3 rings (SSSR count). The Balaban J connectivity index is 1.84. The number of likely N-dealkylation sites (N-methyl/N-ethyl adjacent to an activating group) is 2. The molecule has 12 heteroatoms. The molecule has 0 saturated carbocycles. The average molecular weight is 567 g/mol. The Morgan fingerprint density at radius 3 is 2.79 bits per heavy atom. The fraction of sp³-hybridized carbons (Fsp3) is 0.273. The van der Waals surface area contributed by atoms with Crippen LogP contribution >= 0.6 is 39.1 Å². The summed E-state index contributed by atoms with van der Waals surface area (Å²) in [4.78, 5) is 23.8. The summed E-state index contributed by atoms with van der Waals surface area (Å²) < 4.78 is 8.74. The SMILES string of the molecule is CCN(CC(=O)N(C)c1ccc(Cl)c(COc2cccn3c(Br)c(C)nc23)c1Cl)C(N)=NC#N. The van der Waals surface area contributed by atoms with Crippen LogP contribution in [0.1, 0.15) is 18.2 Å². The Kier molecular flexibility index (Phi) is 8.25. The maximum absolute atomic E-state index is 12.9. The van der Waals surface area contributed by atoms with E-state index in [1.807, 2.05) is 29.7 Å². The molecule has 3 aromatic rings. The zero-order valence-electron chi connectivity index (χ0n) is 18.7. The van der Waals surface area contributed by atoms with Crippen molar-refractivity contribution < 1.29 is 9.53 Å². The van der Waals surface area contributed by atoms with Crippen molar-refractivity contribution in [1.29, 1.82) is 5.26 Å². The summed E-state index contributed by atoms with van der Waals surface area (Å²) in [5.74, 6) is 0.235. The molecular formula is C22H22BrCl2N7O2. The number of ether oxygens (including phenoxy) is 1. The number of benzene rings is 1. The number of aryl methyl sites for hydroxylation is 1. The van der Waals surface area contributed by atoms with Gasteiger partial charge >= 0.3 is 0 Å². The molecule has 0 atom stereocenters. The third kappa shape index (κ3) is 5.22. The smallest absolute Gasteiger partial charge is 0.246 e. The number of rotatable bonds is 7. The lowest BCUT2D eigenvalue weighted by Gasteiger charge is -2.25. The second-order valence-corrected chi connectivity index (χ2v) is 8.78. The van der Waals surface area contributed by atoms with Gasteiger partial charge in [-0.3, -0.25) is 9.20 Å². The molecule has 1 amide bonds. The molecular weight excluding hydrogens is 545 g/mol. The van der Waals surface area contributed by atoms with Crippen LogP contribution in [-0.4, -0.2) is 46.3 Å². The number of fused-ring (bicyclic) bond motifs is 1. The molecule has 0 spiro atoms. The summed E-state index contributed by atoms with van der Waals surface area (Å²) in [6, 6.07) is 6.97. The molecule has 0 fully saturated rings. The molecule has 0 bridgehead atoms. The highest BCUT2D eigenvalue weighted by Gasteiger charge is 2.21. The predicted octanol–water partition coefficient (Wildman–Crippen LogP) is 4.37. The lowest BCUT2D eigenvalue weighted by Crippen LogP contribution is -2.44. The number of imidazole rings is 1. The molecule has 0 aliphatic heterocycles. The van der Waals surface area contributed by atoms with Gasteiger partial charge in [-0.2, -0.15) is 5.26 Å². The van der Waals surface area contributed by atoms with Gasteiger partial charge in [-0.25, -0.2) is 4.98 Å². The lowest BCUT2D eigenvalue weighted by molar-refractivity contribution is -0.118. The Labute approximate surface area is 215 Å². The van der Waals surface area contributed by atoms with Crippen molar-refractivity contribution in [3.63, 3.8) is 0 Å². The normalized spacial score (nSPS) is 11.4. The number of hydrogen-bond donors (Lipinski definition) is 1. The third-order valence-corrected chi connectivity index (χ3v) is 6.92. The first-order valence-electron chi connectivity index (χ1n) is 10.2. The van der Waals surface area contributed by atoms with Crippen LogP contribution in [0.25, 0.3) is 5.65 Å². The zero-order chi connectivity index (χ0) is 25.0. The fourth-order valence-electron chi connectivity index (χ4n) is 3.25. The molecule has 178 valence electrons. The Morgan fingerprint density at radius 2 is 2.12 bits per heavy atom. The summed E-state index contributed by atoms with van der Waals surface area (Å²) in [5, 5.41) is 9.41. The van der Waals surface area contributed by atoms with Crippen LogP contribution in [0.2, 0.25) is 10.0 Å². The van der Waals surface area contributed by atoms with Crippen molar-refractivity contribution in [3.8, 4) is 11.9 Å². The van der Waals surface area contributed by atoms with Gasteiger partial charge in [0.05, 0.1) is 16.4 Å². The van der Waals surface area contributed by atoms with Gasteiger partial charge in [-0.1, -0.05) is 23.2 Å². The van der Waals surface area contributed by atoms with Crippen LogP contribution in [0.5, 0.6) is 5.75 Å².